The lowest BCUT2D eigenvalue weighted by atomic mass is 10.4. The summed E-state index contributed by atoms with van der Waals surface area (Å²) in [6.45, 7) is 1.95. The molecular formula is C8H9NO2S. The summed E-state index contributed by atoms with van der Waals surface area (Å²) in [5.74, 6) is -0.369. The topological polar surface area (TPSA) is 39.2 Å². The van der Waals surface area contributed by atoms with Gasteiger partial charge in [0.15, 0.2) is 0 Å². The van der Waals surface area contributed by atoms with Crippen LogP contribution in [0.25, 0.3) is 0 Å². The van der Waals surface area contributed by atoms with Gasteiger partial charge in [-0.2, -0.15) is 0 Å². The molecule has 64 valence electrons. The van der Waals surface area contributed by atoms with Crippen molar-refractivity contribution in [2.75, 3.05) is 0 Å². The largest absolute Gasteiger partial charge is 0.395 e. The number of hydrogen-bond donors (Lipinski definition) is 0. The smallest absolute Gasteiger partial charge is 0.337 e. The molecule has 1 aromatic rings. The summed E-state index contributed by atoms with van der Waals surface area (Å²) in [7, 11) is 0. The first-order valence-corrected chi connectivity index (χ1v) is 4.48. The second-order valence-corrected chi connectivity index (χ2v) is 2.89. The first kappa shape index (κ1) is 8.93. The molecule has 12 heavy (non-hydrogen) atoms. The van der Waals surface area contributed by atoms with Crippen LogP contribution < -0.4 is 4.74 Å². The molecule has 0 aromatic carbocycles. The third kappa shape index (κ3) is 2.84. The lowest BCUT2D eigenvalue weighted by Crippen LogP contribution is -2.02. The van der Waals surface area contributed by atoms with Crippen molar-refractivity contribution in [2.45, 2.75) is 13.3 Å². The van der Waals surface area contributed by atoms with Crippen LogP contribution in [0.2, 0.25) is 0 Å². The van der Waals surface area contributed by atoms with E-state index in [0.717, 1.165) is 6.42 Å². The number of thiazole rings is 1. The molecule has 0 saturated carbocycles. The molecule has 1 rings (SSSR count). The Morgan fingerprint density at radius 1 is 1.83 bits per heavy atom. The Hall–Kier alpha value is -1.16. The van der Waals surface area contributed by atoms with E-state index in [-0.39, 0.29) is 5.97 Å². The minimum atomic E-state index is -0.369. The average Bonchev–Trinajstić information content (AvgIpc) is 2.53. The Balaban J connectivity index is 2.42. The molecule has 0 unspecified atom stereocenters. The minimum Gasteiger partial charge on any atom is -0.395 e. The number of esters is 1. The van der Waals surface area contributed by atoms with Gasteiger partial charge >= 0.3 is 5.97 Å². The second kappa shape index (κ2) is 4.66. The molecule has 3 nitrogen and oxygen atoms in total. The SMILES string of the molecule is CCC=CC(=O)Oc1nccs1. The van der Waals surface area contributed by atoms with E-state index < -0.39 is 0 Å². The standard InChI is InChI=1S/C8H9NO2S/c1-2-3-4-7(10)11-8-9-5-6-12-8/h3-6H,2H2,1H3. The van der Waals surface area contributed by atoms with Gasteiger partial charge in [0.1, 0.15) is 0 Å². The highest BCUT2D eigenvalue weighted by Crippen LogP contribution is 2.13. The summed E-state index contributed by atoms with van der Waals surface area (Å²) < 4.78 is 4.84. The van der Waals surface area contributed by atoms with Gasteiger partial charge in [0.2, 0.25) is 0 Å². The van der Waals surface area contributed by atoms with Crippen LogP contribution in [0.3, 0.4) is 0 Å². The van der Waals surface area contributed by atoms with Gasteiger partial charge in [-0.25, -0.2) is 9.78 Å². The van der Waals surface area contributed by atoms with Gasteiger partial charge in [0, 0.05) is 17.7 Å². The first-order chi connectivity index (χ1) is 5.83. The Labute approximate surface area is 74.7 Å². The predicted molar refractivity (Wildman–Crippen MR) is 47.2 cm³/mol. The fourth-order valence-electron chi connectivity index (χ4n) is 0.595. The van der Waals surface area contributed by atoms with Crippen LogP contribution in [0.15, 0.2) is 23.7 Å². The average molecular weight is 183 g/mol. The summed E-state index contributed by atoms with van der Waals surface area (Å²) in [5, 5.41) is 2.15. The molecule has 0 radical (unpaired) electrons. The Morgan fingerprint density at radius 2 is 2.67 bits per heavy atom. The third-order valence-electron chi connectivity index (χ3n) is 1.09. The minimum absolute atomic E-state index is 0.369. The quantitative estimate of drug-likeness (QED) is 0.531. The Bertz CT molecular complexity index is 267. The van der Waals surface area contributed by atoms with E-state index in [1.54, 1.807) is 17.7 Å². The number of carbonyl (C=O) groups is 1. The highest BCUT2D eigenvalue weighted by molar-refractivity contribution is 7.11. The first-order valence-electron chi connectivity index (χ1n) is 3.60. The van der Waals surface area contributed by atoms with E-state index in [1.165, 1.54) is 17.4 Å². The molecule has 0 bridgehead atoms. The second-order valence-electron chi connectivity index (χ2n) is 2.03. The van der Waals surface area contributed by atoms with Gasteiger partial charge in [-0.1, -0.05) is 24.3 Å². The van der Waals surface area contributed by atoms with Crippen LogP contribution >= 0.6 is 11.3 Å². The van der Waals surface area contributed by atoms with Crippen LogP contribution in [0.4, 0.5) is 0 Å². The van der Waals surface area contributed by atoms with Crippen molar-refractivity contribution >= 4 is 17.3 Å². The number of aromatic nitrogens is 1. The molecule has 0 atom stereocenters. The zero-order chi connectivity index (χ0) is 8.81. The van der Waals surface area contributed by atoms with Crippen LogP contribution in [-0.4, -0.2) is 11.0 Å². The van der Waals surface area contributed by atoms with Crippen LogP contribution in [-0.2, 0) is 4.79 Å². The molecule has 0 aliphatic rings. The summed E-state index contributed by atoms with van der Waals surface area (Å²) >= 11 is 1.30. The number of allylic oxidation sites excluding steroid dienone is 1. The highest BCUT2D eigenvalue weighted by Gasteiger charge is 2.00. The summed E-state index contributed by atoms with van der Waals surface area (Å²) in [5.41, 5.74) is 0. The van der Waals surface area contributed by atoms with Crippen molar-refractivity contribution in [1.82, 2.24) is 4.98 Å². The maximum atomic E-state index is 10.9. The summed E-state index contributed by atoms with van der Waals surface area (Å²) in [6.07, 6.45) is 5.57. The van der Waals surface area contributed by atoms with E-state index in [1.807, 2.05) is 6.92 Å². The molecule has 0 saturated heterocycles. The fraction of sp³-hybridized carbons (Fsp3) is 0.250. The van der Waals surface area contributed by atoms with Gasteiger partial charge in [-0.15, -0.1) is 0 Å². The van der Waals surface area contributed by atoms with E-state index in [0.29, 0.717) is 5.19 Å². The summed E-state index contributed by atoms with van der Waals surface area (Å²) in [4.78, 5) is 14.7. The number of hydrogen-bond acceptors (Lipinski definition) is 4. The van der Waals surface area contributed by atoms with Crippen molar-refractivity contribution in [2.24, 2.45) is 0 Å². The van der Waals surface area contributed by atoms with Gasteiger partial charge < -0.3 is 4.74 Å². The molecule has 1 heterocycles. The number of carbonyl (C=O) groups excluding carboxylic acids is 1. The molecule has 0 spiro atoms. The van der Waals surface area contributed by atoms with E-state index in [2.05, 4.69) is 4.98 Å². The van der Waals surface area contributed by atoms with Gasteiger partial charge in [-0.05, 0) is 6.42 Å². The number of ether oxygens (including phenoxy) is 1. The van der Waals surface area contributed by atoms with Crippen LogP contribution in [0.1, 0.15) is 13.3 Å². The zero-order valence-electron chi connectivity index (χ0n) is 6.69. The molecule has 1 aromatic heterocycles. The molecule has 0 fully saturated rings. The van der Waals surface area contributed by atoms with E-state index in [9.17, 15) is 4.79 Å². The third-order valence-corrected chi connectivity index (χ3v) is 1.74. The van der Waals surface area contributed by atoms with Gasteiger partial charge in [-0.3, -0.25) is 0 Å². The Morgan fingerprint density at radius 3 is 3.25 bits per heavy atom. The number of nitrogens with zero attached hydrogens (tertiary/aromatic N) is 1. The molecule has 4 heteroatoms. The van der Waals surface area contributed by atoms with Crippen molar-refractivity contribution < 1.29 is 9.53 Å². The highest BCUT2D eigenvalue weighted by atomic mass is 32.1. The number of rotatable bonds is 3. The molecule has 0 amide bonds. The molecular weight excluding hydrogens is 174 g/mol. The van der Waals surface area contributed by atoms with Crippen LogP contribution in [0, 0.1) is 0 Å². The molecule has 0 aliphatic carbocycles. The van der Waals surface area contributed by atoms with Crippen molar-refractivity contribution in [3.05, 3.63) is 23.7 Å². The maximum Gasteiger partial charge on any atom is 0.337 e. The molecule has 0 N–H and O–H groups in total. The van der Waals surface area contributed by atoms with Gasteiger partial charge in [0.25, 0.3) is 5.19 Å². The molecule has 0 aliphatic heterocycles. The zero-order valence-corrected chi connectivity index (χ0v) is 7.50. The monoisotopic (exact) mass is 183 g/mol. The van der Waals surface area contributed by atoms with Crippen molar-refractivity contribution in [3.63, 3.8) is 0 Å². The van der Waals surface area contributed by atoms with E-state index in [4.69, 9.17) is 4.74 Å². The predicted octanol–water partition coefficient (Wildman–Crippen LogP) is 2.01. The van der Waals surface area contributed by atoms with E-state index >= 15 is 0 Å². The van der Waals surface area contributed by atoms with Crippen molar-refractivity contribution in [3.8, 4) is 5.19 Å². The normalized spacial score (nSPS) is 10.4. The lowest BCUT2D eigenvalue weighted by molar-refractivity contribution is -0.129. The summed E-state index contributed by atoms with van der Waals surface area (Å²) in [6, 6.07) is 0. The fourth-order valence-corrected chi connectivity index (χ4v) is 1.09. The lowest BCUT2D eigenvalue weighted by Gasteiger charge is -1.92. The maximum absolute atomic E-state index is 10.9. The van der Waals surface area contributed by atoms with Crippen molar-refractivity contribution in [1.29, 1.82) is 0 Å². The Kier molecular flexibility index (Phi) is 3.47. The van der Waals surface area contributed by atoms with Gasteiger partial charge in [0.05, 0.1) is 0 Å². The van der Waals surface area contributed by atoms with Crippen LogP contribution in [0.5, 0.6) is 5.19 Å².